The predicted molar refractivity (Wildman–Crippen MR) is 106 cm³/mol. The van der Waals surface area contributed by atoms with Crippen molar-refractivity contribution >= 4 is 17.5 Å². The Morgan fingerprint density at radius 3 is 2.69 bits per heavy atom. The van der Waals surface area contributed by atoms with Crippen LogP contribution < -0.4 is 10.6 Å². The normalized spacial score (nSPS) is 21.9. The van der Waals surface area contributed by atoms with Crippen molar-refractivity contribution in [3.05, 3.63) is 34.9 Å². The van der Waals surface area contributed by atoms with Crippen molar-refractivity contribution in [2.45, 2.75) is 44.4 Å². The van der Waals surface area contributed by atoms with E-state index in [0.717, 1.165) is 36.5 Å². The van der Waals surface area contributed by atoms with Crippen molar-refractivity contribution in [2.24, 2.45) is 11.8 Å². The molecule has 0 saturated carbocycles. The maximum absolute atomic E-state index is 12.6. The van der Waals surface area contributed by atoms with E-state index in [4.69, 9.17) is 16.3 Å². The summed E-state index contributed by atoms with van der Waals surface area (Å²) in [6.45, 7) is 6.43. The van der Waals surface area contributed by atoms with Crippen LogP contribution in [0.3, 0.4) is 0 Å². The van der Waals surface area contributed by atoms with E-state index in [9.17, 15) is 4.79 Å². The van der Waals surface area contributed by atoms with Gasteiger partial charge in [-0.2, -0.15) is 0 Å². The zero-order valence-electron chi connectivity index (χ0n) is 15.7. The molecule has 2 heterocycles. The van der Waals surface area contributed by atoms with Crippen molar-refractivity contribution in [3.63, 3.8) is 0 Å². The van der Waals surface area contributed by atoms with E-state index in [1.807, 2.05) is 18.2 Å². The van der Waals surface area contributed by atoms with E-state index in [-0.39, 0.29) is 11.3 Å². The third kappa shape index (κ3) is 4.79. The molecular formula is C21H31ClN2O2. The van der Waals surface area contributed by atoms with Gasteiger partial charge in [0.2, 0.25) is 5.91 Å². The molecule has 2 N–H and O–H groups in total. The fraction of sp³-hybridized carbons (Fsp3) is 0.667. The monoisotopic (exact) mass is 378 g/mol. The second-order valence-electron chi connectivity index (χ2n) is 7.92. The van der Waals surface area contributed by atoms with Gasteiger partial charge in [0.1, 0.15) is 0 Å². The largest absolute Gasteiger partial charge is 0.381 e. The number of amides is 1. The Balaban J connectivity index is 1.61. The van der Waals surface area contributed by atoms with E-state index < -0.39 is 0 Å². The van der Waals surface area contributed by atoms with Gasteiger partial charge in [0.15, 0.2) is 0 Å². The predicted octanol–water partition coefficient (Wildman–Crippen LogP) is 3.53. The van der Waals surface area contributed by atoms with Gasteiger partial charge in [-0.3, -0.25) is 4.79 Å². The van der Waals surface area contributed by atoms with Crippen molar-refractivity contribution in [2.75, 3.05) is 32.8 Å². The van der Waals surface area contributed by atoms with Gasteiger partial charge in [0, 0.05) is 36.6 Å². The number of rotatable bonds is 6. The molecule has 5 heteroatoms. The Kier molecular flexibility index (Phi) is 6.96. The molecule has 2 aliphatic rings. The summed E-state index contributed by atoms with van der Waals surface area (Å²) in [6, 6.07) is 8.02. The molecule has 1 unspecified atom stereocenters. The lowest BCUT2D eigenvalue weighted by molar-refractivity contribution is -0.122. The molecule has 2 saturated heterocycles. The van der Waals surface area contributed by atoms with Gasteiger partial charge in [-0.15, -0.1) is 0 Å². The van der Waals surface area contributed by atoms with Crippen molar-refractivity contribution < 1.29 is 9.53 Å². The highest BCUT2D eigenvalue weighted by atomic mass is 35.5. The third-order valence-corrected chi connectivity index (χ3v) is 6.54. The third-order valence-electron chi connectivity index (χ3n) is 6.21. The number of hydrogen-bond acceptors (Lipinski definition) is 3. The fourth-order valence-corrected chi connectivity index (χ4v) is 4.74. The highest BCUT2D eigenvalue weighted by Gasteiger charge is 2.36. The summed E-state index contributed by atoms with van der Waals surface area (Å²) in [4.78, 5) is 12.6. The first-order valence-electron chi connectivity index (χ1n) is 9.91. The lowest BCUT2D eigenvalue weighted by Gasteiger charge is -2.38. The minimum Gasteiger partial charge on any atom is -0.381 e. The van der Waals surface area contributed by atoms with Crippen LogP contribution in [0.4, 0.5) is 0 Å². The summed E-state index contributed by atoms with van der Waals surface area (Å²) in [5.74, 6) is 1.25. The van der Waals surface area contributed by atoms with Crippen molar-refractivity contribution in [1.82, 2.24) is 10.6 Å². The Morgan fingerprint density at radius 2 is 2.00 bits per heavy atom. The van der Waals surface area contributed by atoms with E-state index in [1.165, 1.54) is 12.8 Å². The average Bonchev–Trinajstić information content (AvgIpc) is 2.68. The maximum Gasteiger partial charge on any atom is 0.220 e. The van der Waals surface area contributed by atoms with Crippen molar-refractivity contribution in [3.8, 4) is 0 Å². The number of hydrogen-bond donors (Lipinski definition) is 2. The van der Waals surface area contributed by atoms with Crippen molar-refractivity contribution in [1.29, 1.82) is 0 Å². The first kappa shape index (κ1) is 19.7. The standard InChI is InChI=1S/C21H31ClN2O2/c1-16(17-6-10-23-11-7-17)14-20(25)24-15-21(8-12-26-13-9-21)18-4-2-3-5-19(18)22/h2-5,16-17,23H,6-15H2,1H3,(H,24,25). The van der Waals surface area contributed by atoms with Crippen LogP contribution in [0.1, 0.15) is 44.6 Å². The second-order valence-corrected chi connectivity index (χ2v) is 8.33. The van der Waals surface area contributed by atoms with Gasteiger partial charge < -0.3 is 15.4 Å². The zero-order chi connectivity index (χ0) is 18.4. The molecule has 1 amide bonds. The van der Waals surface area contributed by atoms with Crippen LogP contribution in [0.2, 0.25) is 5.02 Å². The van der Waals surface area contributed by atoms with Crippen LogP contribution in [0, 0.1) is 11.8 Å². The van der Waals surface area contributed by atoms with E-state index >= 15 is 0 Å². The maximum atomic E-state index is 12.6. The summed E-state index contributed by atoms with van der Waals surface area (Å²) in [7, 11) is 0. The Hall–Kier alpha value is -1.10. The van der Waals surface area contributed by atoms with Crippen LogP contribution in [-0.2, 0) is 14.9 Å². The van der Waals surface area contributed by atoms with Gasteiger partial charge in [0.05, 0.1) is 0 Å². The summed E-state index contributed by atoms with van der Waals surface area (Å²) in [5, 5.41) is 7.40. The minimum absolute atomic E-state index is 0.121. The van der Waals surface area contributed by atoms with E-state index in [1.54, 1.807) is 0 Å². The highest BCUT2D eigenvalue weighted by Crippen LogP contribution is 2.38. The van der Waals surface area contributed by atoms with E-state index in [2.05, 4.69) is 23.6 Å². The van der Waals surface area contributed by atoms with Crippen LogP contribution >= 0.6 is 11.6 Å². The fourth-order valence-electron chi connectivity index (χ4n) is 4.41. The number of carbonyl (C=O) groups is 1. The summed E-state index contributed by atoms with van der Waals surface area (Å²) < 4.78 is 5.58. The second kappa shape index (κ2) is 9.20. The quantitative estimate of drug-likeness (QED) is 0.796. The van der Waals surface area contributed by atoms with Gasteiger partial charge >= 0.3 is 0 Å². The van der Waals surface area contributed by atoms with Gasteiger partial charge in [-0.25, -0.2) is 0 Å². The molecule has 0 bridgehead atoms. The molecule has 1 aromatic rings. The number of nitrogens with one attached hydrogen (secondary N) is 2. The van der Waals surface area contributed by atoms with Gasteiger partial charge in [-0.05, 0) is 62.2 Å². The van der Waals surface area contributed by atoms with Crippen LogP contribution in [0.25, 0.3) is 0 Å². The Morgan fingerprint density at radius 1 is 1.31 bits per heavy atom. The topological polar surface area (TPSA) is 50.4 Å². The summed E-state index contributed by atoms with van der Waals surface area (Å²) in [5.41, 5.74) is 1.02. The molecule has 0 aromatic heterocycles. The van der Waals surface area contributed by atoms with Crippen LogP contribution in [0.5, 0.6) is 0 Å². The van der Waals surface area contributed by atoms with Crippen LogP contribution in [-0.4, -0.2) is 38.8 Å². The molecule has 144 valence electrons. The molecule has 2 fully saturated rings. The average molecular weight is 379 g/mol. The number of piperidine rings is 1. The smallest absolute Gasteiger partial charge is 0.220 e. The molecule has 3 rings (SSSR count). The lowest BCUT2D eigenvalue weighted by atomic mass is 9.74. The summed E-state index contributed by atoms with van der Waals surface area (Å²) >= 11 is 6.49. The lowest BCUT2D eigenvalue weighted by Crippen LogP contribution is -2.45. The van der Waals surface area contributed by atoms with Crippen LogP contribution in [0.15, 0.2) is 24.3 Å². The molecule has 0 aliphatic carbocycles. The van der Waals surface area contributed by atoms with Gasteiger partial charge in [0.25, 0.3) is 0 Å². The molecule has 4 nitrogen and oxygen atoms in total. The highest BCUT2D eigenvalue weighted by molar-refractivity contribution is 6.31. The Labute approximate surface area is 162 Å². The molecule has 1 atom stereocenters. The Bertz CT molecular complexity index is 595. The minimum atomic E-state index is -0.121. The molecule has 2 aliphatic heterocycles. The molecule has 0 radical (unpaired) electrons. The number of benzene rings is 1. The number of halogens is 1. The first-order valence-corrected chi connectivity index (χ1v) is 10.3. The first-order chi connectivity index (χ1) is 12.6. The zero-order valence-corrected chi connectivity index (χ0v) is 16.5. The SMILES string of the molecule is CC(CC(=O)NCC1(c2ccccc2Cl)CCOCC1)C1CCNCC1. The molecule has 26 heavy (non-hydrogen) atoms. The molecular weight excluding hydrogens is 348 g/mol. The summed E-state index contributed by atoms with van der Waals surface area (Å²) in [6.07, 6.45) is 4.74. The number of carbonyl (C=O) groups excluding carboxylic acids is 1. The van der Waals surface area contributed by atoms with Gasteiger partial charge in [-0.1, -0.05) is 36.7 Å². The molecule has 1 aromatic carbocycles. The molecule has 0 spiro atoms. The number of ether oxygens (including phenoxy) is 1. The van der Waals surface area contributed by atoms with E-state index in [0.29, 0.717) is 38.0 Å².